The number of nitrogens with one attached hydrogen (secondary N) is 2. The molecule has 0 spiro atoms. The molecule has 3 rings (SSSR count). The van der Waals surface area contributed by atoms with Crippen molar-refractivity contribution in [3.05, 3.63) is 36.6 Å². The first kappa shape index (κ1) is 15.3. The molecule has 0 bridgehead atoms. The number of H-pyrrole nitrogens is 1. The number of nitrogens with two attached hydrogens (primary N) is 1. The molecule has 0 saturated heterocycles. The van der Waals surface area contributed by atoms with E-state index in [1.54, 1.807) is 6.26 Å². The molecule has 120 valence electrons. The first-order valence-electron chi connectivity index (χ1n) is 7.63. The Kier molecular flexibility index (Phi) is 4.16. The summed E-state index contributed by atoms with van der Waals surface area (Å²) >= 11 is 0. The number of nitrogens with zero attached hydrogens (tertiary/aromatic N) is 1. The second-order valence-corrected chi connectivity index (χ2v) is 6.02. The van der Waals surface area contributed by atoms with Crippen LogP contribution in [0.25, 0.3) is 22.6 Å². The van der Waals surface area contributed by atoms with Crippen molar-refractivity contribution < 1.29 is 9.21 Å². The molecule has 0 aliphatic heterocycles. The van der Waals surface area contributed by atoms with Gasteiger partial charge in [-0.15, -0.1) is 0 Å². The lowest BCUT2D eigenvalue weighted by atomic mass is 10.0. The second-order valence-electron chi connectivity index (χ2n) is 6.02. The molecule has 3 aromatic rings. The number of anilines is 1. The third kappa shape index (κ3) is 3.43. The van der Waals surface area contributed by atoms with E-state index in [9.17, 15) is 4.79 Å². The van der Waals surface area contributed by atoms with Crippen LogP contribution in [0.4, 0.5) is 5.69 Å². The SMILES string of the molecule is CC(C)C[C@H](N)C(=O)Nc1ccc2nc(-c3ccco3)[nH]c2c1. The summed E-state index contributed by atoms with van der Waals surface area (Å²) in [6.45, 7) is 4.08. The molecule has 0 aliphatic carbocycles. The molecule has 1 amide bonds. The van der Waals surface area contributed by atoms with Crippen LogP contribution < -0.4 is 11.1 Å². The van der Waals surface area contributed by atoms with E-state index in [1.165, 1.54) is 0 Å². The Morgan fingerprint density at radius 3 is 2.91 bits per heavy atom. The molecule has 4 N–H and O–H groups in total. The summed E-state index contributed by atoms with van der Waals surface area (Å²) in [5.74, 6) is 1.53. The van der Waals surface area contributed by atoms with Crippen molar-refractivity contribution in [3.63, 3.8) is 0 Å². The maximum atomic E-state index is 12.1. The number of fused-ring (bicyclic) bond motifs is 1. The van der Waals surface area contributed by atoms with E-state index in [2.05, 4.69) is 15.3 Å². The van der Waals surface area contributed by atoms with Crippen LogP contribution in [0.2, 0.25) is 0 Å². The van der Waals surface area contributed by atoms with Gasteiger partial charge in [-0.05, 0) is 42.7 Å². The number of hydrogen-bond acceptors (Lipinski definition) is 4. The van der Waals surface area contributed by atoms with Crippen LogP contribution >= 0.6 is 0 Å². The molecule has 0 unspecified atom stereocenters. The average molecular weight is 312 g/mol. The van der Waals surface area contributed by atoms with Crippen LogP contribution in [0.3, 0.4) is 0 Å². The summed E-state index contributed by atoms with van der Waals surface area (Å²) in [5, 5.41) is 2.85. The predicted octanol–water partition coefficient (Wildman–Crippen LogP) is 3.13. The maximum absolute atomic E-state index is 12.1. The van der Waals surface area contributed by atoms with Crippen LogP contribution in [0.5, 0.6) is 0 Å². The Morgan fingerprint density at radius 2 is 2.22 bits per heavy atom. The minimum absolute atomic E-state index is 0.177. The third-order valence-electron chi connectivity index (χ3n) is 3.57. The smallest absolute Gasteiger partial charge is 0.241 e. The maximum Gasteiger partial charge on any atom is 0.241 e. The zero-order chi connectivity index (χ0) is 16.4. The van der Waals surface area contributed by atoms with Gasteiger partial charge in [0.2, 0.25) is 5.91 Å². The van der Waals surface area contributed by atoms with Crippen molar-refractivity contribution in [2.45, 2.75) is 26.3 Å². The molecule has 1 atom stereocenters. The molecular weight excluding hydrogens is 292 g/mol. The first-order valence-corrected chi connectivity index (χ1v) is 7.63. The van der Waals surface area contributed by atoms with Gasteiger partial charge in [0.1, 0.15) is 0 Å². The van der Waals surface area contributed by atoms with Crippen LogP contribution in [0, 0.1) is 5.92 Å². The van der Waals surface area contributed by atoms with Crippen molar-refractivity contribution in [2.24, 2.45) is 11.7 Å². The number of amides is 1. The van der Waals surface area contributed by atoms with Gasteiger partial charge in [0, 0.05) is 5.69 Å². The van der Waals surface area contributed by atoms with E-state index >= 15 is 0 Å². The van der Waals surface area contributed by atoms with Crippen molar-refractivity contribution in [1.29, 1.82) is 0 Å². The number of hydrogen-bond donors (Lipinski definition) is 3. The van der Waals surface area contributed by atoms with Crippen molar-refractivity contribution in [2.75, 3.05) is 5.32 Å². The summed E-state index contributed by atoms with van der Waals surface area (Å²) in [6.07, 6.45) is 2.26. The predicted molar refractivity (Wildman–Crippen MR) is 89.9 cm³/mol. The van der Waals surface area contributed by atoms with Gasteiger partial charge in [-0.3, -0.25) is 4.79 Å². The van der Waals surface area contributed by atoms with Crippen LogP contribution in [-0.4, -0.2) is 21.9 Å². The highest BCUT2D eigenvalue weighted by atomic mass is 16.3. The van der Waals surface area contributed by atoms with E-state index in [1.807, 2.05) is 44.2 Å². The van der Waals surface area contributed by atoms with Crippen molar-refractivity contribution in [3.8, 4) is 11.6 Å². The van der Waals surface area contributed by atoms with Gasteiger partial charge in [-0.2, -0.15) is 0 Å². The molecule has 0 fully saturated rings. The summed E-state index contributed by atoms with van der Waals surface area (Å²) < 4.78 is 5.33. The highest BCUT2D eigenvalue weighted by molar-refractivity contribution is 5.96. The lowest BCUT2D eigenvalue weighted by molar-refractivity contribution is -0.117. The number of benzene rings is 1. The number of aromatic amines is 1. The van der Waals surface area contributed by atoms with E-state index < -0.39 is 6.04 Å². The van der Waals surface area contributed by atoms with Crippen LogP contribution in [-0.2, 0) is 4.79 Å². The first-order chi connectivity index (χ1) is 11.0. The van der Waals surface area contributed by atoms with Crippen LogP contribution in [0.1, 0.15) is 20.3 Å². The lowest BCUT2D eigenvalue weighted by Crippen LogP contribution is -2.36. The molecular formula is C17H20N4O2. The number of aromatic nitrogens is 2. The quantitative estimate of drug-likeness (QED) is 0.674. The molecule has 2 heterocycles. The lowest BCUT2D eigenvalue weighted by Gasteiger charge is -2.14. The molecule has 23 heavy (non-hydrogen) atoms. The molecule has 0 radical (unpaired) electrons. The highest BCUT2D eigenvalue weighted by Gasteiger charge is 2.15. The summed E-state index contributed by atoms with van der Waals surface area (Å²) in [4.78, 5) is 19.7. The molecule has 6 heteroatoms. The van der Waals surface area contributed by atoms with Crippen molar-refractivity contribution >= 4 is 22.6 Å². The largest absolute Gasteiger partial charge is 0.461 e. The Labute approximate surface area is 134 Å². The average Bonchev–Trinajstić information content (AvgIpc) is 3.14. The van der Waals surface area contributed by atoms with Crippen LogP contribution in [0.15, 0.2) is 41.0 Å². The Balaban J connectivity index is 1.79. The summed E-state index contributed by atoms with van der Waals surface area (Å²) in [6, 6.07) is 8.65. The molecule has 0 saturated carbocycles. The van der Waals surface area contributed by atoms with Gasteiger partial charge >= 0.3 is 0 Å². The third-order valence-corrected chi connectivity index (χ3v) is 3.57. The molecule has 6 nitrogen and oxygen atoms in total. The van der Waals surface area contributed by atoms with Gasteiger partial charge in [-0.1, -0.05) is 13.8 Å². The number of rotatable bonds is 5. The van der Waals surface area contributed by atoms with Gasteiger partial charge in [0.05, 0.1) is 23.3 Å². The van der Waals surface area contributed by atoms with Gasteiger partial charge in [-0.25, -0.2) is 4.98 Å². The molecule has 1 aromatic carbocycles. The Bertz CT molecular complexity index is 805. The number of carbonyl (C=O) groups is 1. The zero-order valence-corrected chi connectivity index (χ0v) is 13.2. The summed E-state index contributed by atoms with van der Waals surface area (Å²) in [7, 11) is 0. The zero-order valence-electron chi connectivity index (χ0n) is 13.2. The minimum atomic E-state index is -0.508. The normalized spacial score (nSPS) is 12.7. The van der Waals surface area contributed by atoms with E-state index in [4.69, 9.17) is 10.2 Å². The monoisotopic (exact) mass is 312 g/mol. The van der Waals surface area contributed by atoms with Crippen molar-refractivity contribution in [1.82, 2.24) is 9.97 Å². The number of furan rings is 1. The number of imidazole rings is 1. The minimum Gasteiger partial charge on any atom is -0.461 e. The standard InChI is InChI=1S/C17H20N4O2/c1-10(2)8-12(18)17(22)19-11-5-6-13-14(9-11)21-16(20-13)15-4-3-7-23-15/h3-7,9-10,12H,8,18H2,1-2H3,(H,19,22)(H,20,21)/t12-/m0/s1. The Morgan fingerprint density at radius 1 is 1.39 bits per heavy atom. The fourth-order valence-corrected chi connectivity index (χ4v) is 2.47. The molecule has 0 aliphatic rings. The Hall–Kier alpha value is -2.60. The summed E-state index contributed by atoms with van der Waals surface area (Å²) in [5.41, 5.74) is 8.23. The number of carbonyl (C=O) groups excluding carboxylic acids is 1. The molecule has 2 aromatic heterocycles. The highest BCUT2D eigenvalue weighted by Crippen LogP contribution is 2.23. The van der Waals surface area contributed by atoms with E-state index in [0.29, 0.717) is 29.6 Å². The van der Waals surface area contributed by atoms with Gasteiger partial charge < -0.3 is 20.5 Å². The fourth-order valence-electron chi connectivity index (χ4n) is 2.47. The second kappa shape index (κ2) is 6.26. The topological polar surface area (TPSA) is 96.9 Å². The van der Waals surface area contributed by atoms with Gasteiger partial charge in [0.15, 0.2) is 11.6 Å². The fraction of sp³-hybridized carbons (Fsp3) is 0.294. The van der Waals surface area contributed by atoms with E-state index in [0.717, 1.165) is 11.0 Å². The van der Waals surface area contributed by atoms with Gasteiger partial charge in [0.25, 0.3) is 0 Å². The van der Waals surface area contributed by atoms with E-state index in [-0.39, 0.29) is 5.91 Å².